The van der Waals surface area contributed by atoms with Crippen LogP contribution in [0.3, 0.4) is 0 Å². The van der Waals surface area contributed by atoms with Crippen LogP contribution in [0.15, 0.2) is 80.9 Å². The fourth-order valence-electron chi connectivity index (χ4n) is 3.52. The van der Waals surface area contributed by atoms with E-state index >= 15 is 0 Å². The van der Waals surface area contributed by atoms with E-state index in [2.05, 4.69) is 19.2 Å². The van der Waals surface area contributed by atoms with Crippen molar-refractivity contribution in [3.05, 3.63) is 99.1 Å². The van der Waals surface area contributed by atoms with Gasteiger partial charge in [-0.3, -0.25) is 18.7 Å². The number of fused-ring (bicyclic) bond motifs is 1. The van der Waals surface area contributed by atoms with E-state index in [4.69, 9.17) is 4.42 Å². The first-order valence-electron chi connectivity index (χ1n) is 10.1. The van der Waals surface area contributed by atoms with Gasteiger partial charge in [-0.1, -0.05) is 38.1 Å². The molecule has 31 heavy (non-hydrogen) atoms. The van der Waals surface area contributed by atoms with E-state index in [1.165, 1.54) is 16.4 Å². The summed E-state index contributed by atoms with van der Waals surface area (Å²) in [6.07, 6.45) is 1.48. The number of amides is 1. The minimum atomic E-state index is -0.564. The second kappa shape index (κ2) is 8.47. The van der Waals surface area contributed by atoms with Crippen LogP contribution in [-0.4, -0.2) is 15.0 Å². The third-order valence-corrected chi connectivity index (χ3v) is 5.19. The number of furan rings is 1. The molecule has 158 valence electrons. The van der Waals surface area contributed by atoms with Gasteiger partial charge in [0.2, 0.25) is 5.91 Å². The first-order valence-corrected chi connectivity index (χ1v) is 10.1. The van der Waals surface area contributed by atoms with Gasteiger partial charge in [-0.15, -0.1) is 0 Å². The number of hydrogen-bond acceptors (Lipinski definition) is 4. The molecule has 2 heterocycles. The van der Waals surface area contributed by atoms with Crippen molar-refractivity contribution >= 4 is 22.5 Å². The third-order valence-electron chi connectivity index (χ3n) is 5.19. The van der Waals surface area contributed by atoms with Crippen LogP contribution in [0.1, 0.15) is 31.1 Å². The highest BCUT2D eigenvalue weighted by Gasteiger charge is 2.16. The van der Waals surface area contributed by atoms with E-state index in [9.17, 15) is 14.4 Å². The Hall–Kier alpha value is -3.87. The maximum absolute atomic E-state index is 13.1. The summed E-state index contributed by atoms with van der Waals surface area (Å²) in [4.78, 5) is 38.8. The molecule has 0 aliphatic heterocycles. The number of benzene rings is 2. The average molecular weight is 417 g/mol. The lowest BCUT2D eigenvalue weighted by molar-refractivity contribution is -0.116. The zero-order valence-corrected chi connectivity index (χ0v) is 17.4. The zero-order valence-electron chi connectivity index (χ0n) is 17.4. The highest BCUT2D eigenvalue weighted by molar-refractivity contribution is 5.91. The molecule has 7 nitrogen and oxygen atoms in total. The average Bonchev–Trinajstić information content (AvgIpc) is 3.28. The Labute approximate surface area is 178 Å². The maximum Gasteiger partial charge on any atom is 0.332 e. The SMILES string of the molecule is CC(C)c1ccc(NC(=O)Cn2c(=O)n(Cc3ccco3)c(=O)c3ccccc32)cc1. The van der Waals surface area contributed by atoms with Crippen LogP contribution in [0.4, 0.5) is 5.69 Å². The molecule has 4 rings (SSSR count). The summed E-state index contributed by atoms with van der Waals surface area (Å²) in [6.45, 7) is 3.98. The van der Waals surface area contributed by atoms with Crippen LogP contribution in [0.2, 0.25) is 0 Å². The van der Waals surface area contributed by atoms with E-state index in [-0.39, 0.29) is 19.0 Å². The highest BCUT2D eigenvalue weighted by atomic mass is 16.3. The minimum absolute atomic E-state index is 0.00617. The van der Waals surface area contributed by atoms with Gasteiger partial charge >= 0.3 is 5.69 Å². The molecule has 0 aliphatic rings. The molecule has 0 bridgehead atoms. The number of carbonyl (C=O) groups excluding carboxylic acids is 1. The summed E-state index contributed by atoms with van der Waals surface area (Å²) in [7, 11) is 0. The summed E-state index contributed by atoms with van der Waals surface area (Å²) in [5, 5.41) is 3.19. The topological polar surface area (TPSA) is 86.2 Å². The van der Waals surface area contributed by atoms with Gasteiger partial charge in [0.15, 0.2) is 0 Å². The molecule has 0 spiro atoms. The first-order chi connectivity index (χ1) is 14.9. The molecule has 2 aromatic heterocycles. The van der Waals surface area contributed by atoms with Gasteiger partial charge in [0, 0.05) is 5.69 Å². The van der Waals surface area contributed by atoms with Gasteiger partial charge in [-0.25, -0.2) is 4.79 Å². The van der Waals surface area contributed by atoms with E-state index in [0.29, 0.717) is 28.3 Å². The number of rotatable bonds is 6. The monoisotopic (exact) mass is 417 g/mol. The summed E-state index contributed by atoms with van der Waals surface area (Å²) >= 11 is 0. The van der Waals surface area contributed by atoms with Crippen LogP contribution in [0.5, 0.6) is 0 Å². The Bertz CT molecular complexity index is 1330. The number of aromatic nitrogens is 2. The van der Waals surface area contributed by atoms with Crippen LogP contribution in [0.25, 0.3) is 10.9 Å². The largest absolute Gasteiger partial charge is 0.467 e. The Balaban J connectivity index is 1.68. The van der Waals surface area contributed by atoms with Crippen molar-refractivity contribution in [2.24, 2.45) is 0 Å². The Morgan fingerprint density at radius 1 is 0.968 bits per heavy atom. The van der Waals surface area contributed by atoms with Gasteiger partial charge < -0.3 is 9.73 Å². The Kier molecular flexibility index (Phi) is 5.58. The molecule has 7 heteroatoms. The van der Waals surface area contributed by atoms with Crippen LogP contribution in [0, 0.1) is 0 Å². The second-order valence-electron chi connectivity index (χ2n) is 7.68. The molecule has 0 saturated carbocycles. The van der Waals surface area contributed by atoms with E-state index in [1.54, 1.807) is 36.4 Å². The number of anilines is 1. The van der Waals surface area contributed by atoms with Gasteiger partial charge in [0.1, 0.15) is 12.3 Å². The van der Waals surface area contributed by atoms with Crippen LogP contribution in [-0.2, 0) is 17.9 Å². The highest BCUT2D eigenvalue weighted by Crippen LogP contribution is 2.17. The fourth-order valence-corrected chi connectivity index (χ4v) is 3.52. The molecule has 0 fully saturated rings. The quantitative estimate of drug-likeness (QED) is 0.520. The number of nitrogens with zero attached hydrogens (tertiary/aromatic N) is 2. The lowest BCUT2D eigenvalue weighted by Crippen LogP contribution is -2.42. The van der Waals surface area contributed by atoms with E-state index in [0.717, 1.165) is 4.57 Å². The smallest absolute Gasteiger partial charge is 0.332 e. The molecule has 0 atom stereocenters. The Morgan fingerprint density at radius 2 is 1.71 bits per heavy atom. The van der Waals surface area contributed by atoms with Crippen LogP contribution < -0.4 is 16.6 Å². The number of carbonyl (C=O) groups is 1. The first kappa shape index (κ1) is 20.4. The van der Waals surface area contributed by atoms with Gasteiger partial charge in [0.25, 0.3) is 5.56 Å². The van der Waals surface area contributed by atoms with E-state index in [1.807, 2.05) is 24.3 Å². The van der Waals surface area contributed by atoms with Gasteiger partial charge in [0.05, 0.1) is 23.7 Å². The summed E-state index contributed by atoms with van der Waals surface area (Å²) in [5.41, 5.74) is 1.25. The molecule has 0 radical (unpaired) electrons. The van der Waals surface area contributed by atoms with Crippen molar-refractivity contribution in [2.45, 2.75) is 32.9 Å². The molecule has 0 unspecified atom stereocenters. The van der Waals surface area contributed by atoms with E-state index < -0.39 is 11.2 Å². The van der Waals surface area contributed by atoms with Crippen molar-refractivity contribution in [2.75, 3.05) is 5.32 Å². The lowest BCUT2D eigenvalue weighted by Gasteiger charge is -2.14. The summed E-state index contributed by atoms with van der Waals surface area (Å²) in [5.74, 6) is 0.522. The van der Waals surface area contributed by atoms with Crippen molar-refractivity contribution in [1.29, 1.82) is 0 Å². The van der Waals surface area contributed by atoms with Crippen LogP contribution >= 0.6 is 0 Å². The number of nitrogens with one attached hydrogen (secondary N) is 1. The molecule has 1 amide bonds. The molecular weight excluding hydrogens is 394 g/mol. The third kappa shape index (κ3) is 4.21. The predicted molar refractivity (Wildman–Crippen MR) is 119 cm³/mol. The molecule has 0 saturated heterocycles. The molecule has 2 aromatic carbocycles. The predicted octanol–water partition coefficient (Wildman–Crippen LogP) is 3.57. The summed E-state index contributed by atoms with van der Waals surface area (Å²) < 4.78 is 7.70. The molecule has 0 aliphatic carbocycles. The fraction of sp³-hybridized carbons (Fsp3) is 0.208. The van der Waals surface area contributed by atoms with Gasteiger partial charge in [-0.2, -0.15) is 0 Å². The molecule has 1 N–H and O–H groups in total. The molecular formula is C24H23N3O4. The summed E-state index contributed by atoms with van der Waals surface area (Å²) in [6, 6.07) is 17.8. The zero-order chi connectivity index (χ0) is 22.0. The lowest BCUT2D eigenvalue weighted by atomic mass is 10.0. The van der Waals surface area contributed by atoms with Crippen molar-refractivity contribution in [3.8, 4) is 0 Å². The van der Waals surface area contributed by atoms with Gasteiger partial charge in [-0.05, 0) is 47.9 Å². The maximum atomic E-state index is 13.1. The standard InChI is InChI=1S/C24H23N3O4/c1-16(2)17-9-11-18(12-10-17)25-22(28)15-26-21-8-4-3-7-20(21)23(29)27(24(26)30)14-19-6-5-13-31-19/h3-13,16H,14-15H2,1-2H3,(H,25,28). The second-order valence-corrected chi connectivity index (χ2v) is 7.68. The van der Waals surface area contributed by atoms with Crippen molar-refractivity contribution in [1.82, 2.24) is 9.13 Å². The number of hydrogen-bond donors (Lipinski definition) is 1. The number of para-hydroxylation sites is 1. The normalized spacial score (nSPS) is 11.2. The van der Waals surface area contributed by atoms with Crippen molar-refractivity contribution in [3.63, 3.8) is 0 Å². The minimum Gasteiger partial charge on any atom is -0.467 e. The van der Waals surface area contributed by atoms with Crippen molar-refractivity contribution < 1.29 is 9.21 Å². The Morgan fingerprint density at radius 3 is 2.39 bits per heavy atom. The molecule has 4 aromatic rings.